The first-order valence-electron chi connectivity index (χ1n) is 7.18. The van der Waals surface area contributed by atoms with Crippen molar-refractivity contribution in [3.05, 3.63) is 35.4 Å². The molecule has 108 valence electrons. The predicted molar refractivity (Wildman–Crippen MR) is 85.1 cm³/mol. The first-order valence-corrected chi connectivity index (χ1v) is 7.18. The van der Waals surface area contributed by atoms with E-state index < -0.39 is 0 Å². The van der Waals surface area contributed by atoms with Gasteiger partial charge in [-0.25, -0.2) is 0 Å². The van der Waals surface area contributed by atoms with Crippen LogP contribution in [-0.4, -0.2) is 31.1 Å². The van der Waals surface area contributed by atoms with Crippen molar-refractivity contribution in [3.63, 3.8) is 0 Å². The van der Waals surface area contributed by atoms with Crippen LogP contribution in [0.1, 0.15) is 43.7 Å². The monoisotopic (exact) mass is 282 g/mol. The van der Waals surface area contributed by atoms with Crippen LogP contribution < -0.4 is 5.32 Å². The Hall–Kier alpha value is -0.570. The van der Waals surface area contributed by atoms with Crippen molar-refractivity contribution in [1.82, 2.24) is 10.2 Å². The number of hydrogen-bond donors (Lipinski definition) is 1. The summed E-state index contributed by atoms with van der Waals surface area (Å²) in [6, 6.07) is 9.88. The molecule has 1 N–H and O–H groups in total. The van der Waals surface area contributed by atoms with Crippen LogP contribution in [0.4, 0.5) is 0 Å². The van der Waals surface area contributed by atoms with Gasteiger partial charge in [0.15, 0.2) is 0 Å². The van der Waals surface area contributed by atoms with Gasteiger partial charge in [-0.05, 0) is 43.5 Å². The molecule has 0 amide bonds. The first-order chi connectivity index (χ1) is 8.70. The Balaban J connectivity index is 0.00000180. The van der Waals surface area contributed by atoms with Gasteiger partial charge < -0.3 is 5.32 Å². The van der Waals surface area contributed by atoms with Crippen LogP contribution in [0.25, 0.3) is 0 Å². The van der Waals surface area contributed by atoms with Gasteiger partial charge in [0, 0.05) is 19.1 Å². The minimum absolute atomic E-state index is 0. The number of likely N-dealkylation sites (tertiary alicyclic amines) is 1. The minimum Gasteiger partial charge on any atom is -0.318 e. The predicted octanol–water partition coefficient (Wildman–Crippen LogP) is 3.42. The van der Waals surface area contributed by atoms with Crippen LogP contribution in [0.3, 0.4) is 0 Å². The molecule has 0 saturated carbocycles. The van der Waals surface area contributed by atoms with Gasteiger partial charge in [0.25, 0.3) is 0 Å². The molecule has 0 radical (unpaired) electrons. The van der Waals surface area contributed by atoms with E-state index >= 15 is 0 Å². The molecule has 1 unspecified atom stereocenters. The molecular formula is C16H27ClN2. The van der Waals surface area contributed by atoms with Crippen LogP contribution >= 0.6 is 12.4 Å². The largest absolute Gasteiger partial charge is 0.318 e. The normalized spacial score (nSPS) is 19.7. The lowest BCUT2D eigenvalue weighted by molar-refractivity contribution is 0.242. The van der Waals surface area contributed by atoms with Gasteiger partial charge in [-0.3, -0.25) is 4.90 Å². The van der Waals surface area contributed by atoms with E-state index in [-0.39, 0.29) is 12.4 Å². The third-order valence-electron chi connectivity index (χ3n) is 3.97. The van der Waals surface area contributed by atoms with Crippen molar-refractivity contribution in [2.45, 2.75) is 45.2 Å². The maximum absolute atomic E-state index is 3.31. The van der Waals surface area contributed by atoms with Crippen LogP contribution in [-0.2, 0) is 6.54 Å². The van der Waals surface area contributed by atoms with E-state index in [1.54, 1.807) is 0 Å². The highest BCUT2D eigenvalue weighted by Crippen LogP contribution is 2.21. The summed E-state index contributed by atoms with van der Waals surface area (Å²) in [6.07, 6.45) is 2.68. The fraction of sp³-hybridized carbons (Fsp3) is 0.625. The molecule has 2 nitrogen and oxygen atoms in total. The molecular weight excluding hydrogens is 256 g/mol. The van der Waals surface area contributed by atoms with Crippen molar-refractivity contribution in [2.75, 3.05) is 20.1 Å². The van der Waals surface area contributed by atoms with E-state index in [1.165, 1.54) is 30.5 Å². The molecule has 1 atom stereocenters. The number of likely N-dealkylation sites (N-methyl/N-ethyl adjacent to an activating group) is 1. The molecule has 1 aromatic carbocycles. The highest BCUT2D eigenvalue weighted by molar-refractivity contribution is 5.85. The Morgan fingerprint density at radius 1 is 1.26 bits per heavy atom. The fourth-order valence-corrected chi connectivity index (χ4v) is 2.81. The van der Waals surface area contributed by atoms with E-state index in [0.29, 0.717) is 5.92 Å². The zero-order valence-corrected chi connectivity index (χ0v) is 13.2. The van der Waals surface area contributed by atoms with Crippen LogP contribution in [0, 0.1) is 0 Å². The van der Waals surface area contributed by atoms with E-state index in [1.807, 2.05) is 7.05 Å². The molecule has 1 heterocycles. The number of hydrogen-bond acceptors (Lipinski definition) is 2. The molecule has 1 fully saturated rings. The summed E-state index contributed by atoms with van der Waals surface area (Å²) in [5.74, 6) is 0.628. The van der Waals surface area contributed by atoms with Gasteiger partial charge in [-0.2, -0.15) is 0 Å². The van der Waals surface area contributed by atoms with E-state index in [0.717, 1.165) is 19.1 Å². The second-order valence-corrected chi connectivity index (χ2v) is 5.72. The summed E-state index contributed by atoms with van der Waals surface area (Å²) in [5, 5.41) is 3.31. The lowest BCUT2D eigenvalue weighted by atomic mass is 10.0. The maximum Gasteiger partial charge on any atom is 0.0237 e. The molecule has 0 spiro atoms. The lowest BCUT2D eigenvalue weighted by Gasteiger charge is -2.24. The van der Waals surface area contributed by atoms with E-state index in [4.69, 9.17) is 0 Å². The molecule has 1 saturated heterocycles. The van der Waals surface area contributed by atoms with Crippen molar-refractivity contribution in [3.8, 4) is 0 Å². The summed E-state index contributed by atoms with van der Waals surface area (Å²) in [4.78, 5) is 2.61. The van der Waals surface area contributed by atoms with Crippen molar-refractivity contribution < 1.29 is 0 Å². The van der Waals surface area contributed by atoms with Crippen molar-refractivity contribution in [2.24, 2.45) is 0 Å². The fourth-order valence-electron chi connectivity index (χ4n) is 2.81. The topological polar surface area (TPSA) is 15.3 Å². The summed E-state index contributed by atoms with van der Waals surface area (Å²) in [5.41, 5.74) is 2.88. The van der Waals surface area contributed by atoms with Gasteiger partial charge in [-0.1, -0.05) is 38.1 Å². The Bertz CT molecular complexity index is 362. The zero-order chi connectivity index (χ0) is 13.0. The first kappa shape index (κ1) is 16.5. The minimum atomic E-state index is 0. The van der Waals surface area contributed by atoms with E-state index in [9.17, 15) is 0 Å². The number of nitrogens with zero attached hydrogens (tertiary/aromatic N) is 1. The van der Waals surface area contributed by atoms with Gasteiger partial charge >= 0.3 is 0 Å². The van der Waals surface area contributed by atoms with Crippen molar-refractivity contribution >= 4 is 12.4 Å². The third-order valence-corrected chi connectivity index (χ3v) is 3.97. The highest BCUT2D eigenvalue weighted by atomic mass is 35.5. The van der Waals surface area contributed by atoms with Gasteiger partial charge in [0.1, 0.15) is 0 Å². The molecule has 2 rings (SSSR count). The SMILES string of the molecule is CNCC1CCCN1Cc1ccc(C(C)C)cc1.Cl. The summed E-state index contributed by atoms with van der Waals surface area (Å²) < 4.78 is 0. The lowest BCUT2D eigenvalue weighted by Crippen LogP contribution is -2.36. The molecule has 0 aliphatic carbocycles. The molecule has 19 heavy (non-hydrogen) atoms. The Kier molecular flexibility index (Phi) is 6.84. The Morgan fingerprint density at radius 3 is 2.53 bits per heavy atom. The highest BCUT2D eigenvalue weighted by Gasteiger charge is 2.23. The number of nitrogens with one attached hydrogen (secondary N) is 1. The second kappa shape index (κ2) is 7.88. The molecule has 1 aliphatic heterocycles. The quantitative estimate of drug-likeness (QED) is 0.890. The molecule has 1 aliphatic rings. The van der Waals surface area contributed by atoms with Crippen LogP contribution in [0.5, 0.6) is 0 Å². The molecule has 0 aromatic heterocycles. The second-order valence-electron chi connectivity index (χ2n) is 5.72. The third kappa shape index (κ3) is 4.48. The zero-order valence-electron chi connectivity index (χ0n) is 12.4. The average molecular weight is 283 g/mol. The summed E-state index contributed by atoms with van der Waals surface area (Å²) in [6.45, 7) is 7.96. The van der Waals surface area contributed by atoms with Crippen molar-refractivity contribution in [1.29, 1.82) is 0 Å². The smallest absolute Gasteiger partial charge is 0.0237 e. The number of benzene rings is 1. The van der Waals surface area contributed by atoms with E-state index in [2.05, 4.69) is 48.3 Å². The number of halogens is 1. The molecule has 1 aromatic rings. The summed E-state index contributed by atoms with van der Waals surface area (Å²) in [7, 11) is 2.05. The van der Waals surface area contributed by atoms with Gasteiger partial charge in [0.2, 0.25) is 0 Å². The standard InChI is InChI=1S/C16H26N2.ClH/c1-13(2)15-8-6-14(7-9-15)12-18-10-4-5-16(18)11-17-3;/h6-9,13,16-17H,4-5,10-12H2,1-3H3;1H. The van der Waals surface area contributed by atoms with Gasteiger partial charge in [-0.15, -0.1) is 12.4 Å². The number of rotatable bonds is 5. The van der Waals surface area contributed by atoms with Gasteiger partial charge in [0.05, 0.1) is 0 Å². The summed E-state index contributed by atoms with van der Waals surface area (Å²) >= 11 is 0. The maximum atomic E-state index is 3.31. The van der Waals surface area contributed by atoms with Crippen LogP contribution in [0.2, 0.25) is 0 Å². The molecule has 0 bridgehead atoms. The Morgan fingerprint density at radius 2 is 1.95 bits per heavy atom. The van der Waals surface area contributed by atoms with Crippen LogP contribution in [0.15, 0.2) is 24.3 Å². The Labute approximate surface area is 124 Å². The molecule has 3 heteroatoms. The average Bonchev–Trinajstić information content (AvgIpc) is 2.78.